The Bertz CT molecular complexity index is 1520. The molecular formula is C27H26Cl2N4O3S. The fourth-order valence-electron chi connectivity index (χ4n) is 3.75. The third kappa shape index (κ3) is 6.22. The van der Waals surface area contributed by atoms with Gasteiger partial charge in [0.25, 0.3) is 0 Å². The van der Waals surface area contributed by atoms with Crippen molar-refractivity contribution >= 4 is 45.1 Å². The SMILES string of the molecule is Cc1ccc(S(=O)(=O)N(CC(=O)Nc2nc(-c3ccc(Cl)cc3)cn2-c2cccc(Cl)c2)C(C)C)cc1. The van der Waals surface area contributed by atoms with E-state index in [0.29, 0.717) is 21.4 Å². The van der Waals surface area contributed by atoms with Crippen molar-refractivity contribution in [3.63, 3.8) is 0 Å². The summed E-state index contributed by atoms with van der Waals surface area (Å²) in [4.78, 5) is 17.9. The van der Waals surface area contributed by atoms with E-state index in [1.807, 2.05) is 25.1 Å². The summed E-state index contributed by atoms with van der Waals surface area (Å²) in [5.74, 6) is -0.297. The Morgan fingerprint density at radius 3 is 2.30 bits per heavy atom. The number of sulfonamides is 1. The number of hydrogen-bond donors (Lipinski definition) is 1. The minimum Gasteiger partial charge on any atom is -0.294 e. The summed E-state index contributed by atoms with van der Waals surface area (Å²) < 4.78 is 29.5. The second kappa shape index (κ2) is 11.1. The molecular weight excluding hydrogens is 531 g/mol. The minimum atomic E-state index is -3.90. The van der Waals surface area contributed by atoms with Crippen LogP contribution in [0, 0.1) is 6.92 Å². The number of benzene rings is 3. The van der Waals surface area contributed by atoms with Crippen LogP contribution >= 0.6 is 23.2 Å². The molecule has 0 fully saturated rings. The zero-order valence-electron chi connectivity index (χ0n) is 20.5. The normalized spacial score (nSPS) is 11.8. The van der Waals surface area contributed by atoms with Gasteiger partial charge in [-0.1, -0.05) is 59.1 Å². The monoisotopic (exact) mass is 556 g/mol. The largest absolute Gasteiger partial charge is 0.294 e. The van der Waals surface area contributed by atoms with E-state index in [2.05, 4.69) is 10.3 Å². The van der Waals surface area contributed by atoms with E-state index in [1.54, 1.807) is 79.2 Å². The van der Waals surface area contributed by atoms with Gasteiger partial charge in [-0.05, 0) is 63.2 Å². The molecule has 0 bridgehead atoms. The van der Waals surface area contributed by atoms with E-state index in [0.717, 1.165) is 11.1 Å². The lowest BCUT2D eigenvalue weighted by Gasteiger charge is -2.25. The zero-order valence-corrected chi connectivity index (χ0v) is 22.8. The van der Waals surface area contributed by atoms with Crippen molar-refractivity contribution < 1.29 is 13.2 Å². The first-order valence-electron chi connectivity index (χ1n) is 11.5. The summed E-state index contributed by atoms with van der Waals surface area (Å²) in [6.07, 6.45) is 1.77. The molecule has 1 aromatic heterocycles. The minimum absolute atomic E-state index is 0.130. The van der Waals surface area contributed by atoms with Crippen LogP contribution in [-0.2, 0) is 14.8 Å². The van der Waals surface area contributed by atoms with Crippen molar-refractivity contribution in [2.24, 2.45) is 0 Å². The van der Waals surface area contributed by atoms with Crippen LogP contribution < -0.4 is 5.32 Å². The number of halogens is 2. The predicted molar refractivity (Wildman–Crippen MR) is 148 cm³/mol. The van der Waals surface area contributed by atoms with Crippen LogP contribution in [0.15, 0.2) is 83.9 Å². The van der Waals surface area contributed by atoms with Gasteiger partial charge in [0.2, 0.25) is 21.9 Å². The molecule has 0 aliphatic heterocycles. The molecule has 0 saturated heterocycles. The van der Waals surface area contributed by atoms with Crippen LogP contribution in [0.1, 0.15) is 19.4 Å². The number of carbonyl (C=O) groups is 1. The predicted octanol–water partition coefficient (Wildman–Crippen LogP) is 6.19. The van der Waals surface area contributed by atoms with Crippen molar-refractivity contribution in [1.29, 1.82) is 0 Å². The van der Waals surface area contributed by atoms with Gasteiger partial charge in [0.05, 0.1) is 17.1 Å². The Balaban J connectivity index is 1.66. The second-order valence-electron chi connectivity index (χ2n) is 8.81. The molecule has 0 unspecified atom stereocenters. The molecule has 0 radical (unpaired) electrons. The number of nitrogens with one attached hydrogen (secondary N) is 1. The summed E-state index contributed by atoms with van der Waals surface area (Å²) in [6, 6.07) is 20.4. The van der Waals surface area contributed by atoms with Gasteiger partial charge in [-0.2, -0.15) is 4.31 Å². The molecule has 1 N–H and O–H groups in total. The van der Waals surface area contributed by atoms with Gasteiger partial charge in [-0.3, -0.25) is 14.7 Å². The molecule has 192 valence electrons. The molecule has 3 aromatic carbocycles. The molecule has 1 amide bonds. The maximum Gasteiger partial charge on any atom is 0.243 e. The van der Waals surface area contributed by atoms with E-state index >= 15 is 0 Å². The van der Waals surface area contributed by atoms with Crippen LogP contribution in [0.3, 0.4) is 0 Å². The molecule has 4 aromatic rings. The Kier molecular flexibility index (Phi) is 8.04. The first-order valence-corrected chi connectivity index (χ1v) is 13.7. The highest BCUT2D eigenvalue weighted by atomic mass is 35.5. The Hall–Kier alpha value is -3.17. The number of nitrogens with zero attached hydrogens (tertiary/aromatic N) is 3. The van der Waals surface area contributed by atoms with Crippen molar-refractivity contribution in [1.82, 2.24) is 13.9 Å². The number of amides is 1. The van der Waals surface area contributed by atoms with Crippen molar-refractivity contribution in [2.45, 2.75) is 31.7 Å². The molecule has 0 aliphatic carbocycles. The Morgan fingerprint density at radius 2 is 1.68 bits per heavy atom. The van der Waals surface area contributed by atoms with Crippen molar-refractivity contribution in [3.05, 3.63) is 94.6 Å². The second-order valence-corrected chi connectivity index (χ2v) is 11.6. The molecule has 0 spiro atoms. The Labute approximate surface area is 226 Å². The average molecular weight is 558 g/mol. The van der Waals surface area contributed by atoms with Crippen LogP contribution in [0.2, 0.25) is 10.0 Å². The van der Waals surface area contributed by atoms with Gasteiger partial charge < -0.3 is 0 Å². The van der Waals surface area contributed by atoms with Gasteiger partial charge in [-0.25, -0.2) is 13.4 Å². The molecule has 4 rings (SSSR count). The number of aryl methyl sites for hydroxylation is 1. The lowest BCUT2D eigenvalue weighted by atomic mass is 10.2. The van der Waals surface area contributed by atoms with Crippen LogP contribution in [0.25, 0.3) is 16.9 Å². The summed E-state index contributed by atoms with van der Waals surface area (Å²) >= 11 is 12.2. The summed E-state index contributed by atoms with van der Waals surface area (Å²) in [6.45, 7) is 4.95. The van der Waals surface area contributed by atoms with Crippen molar-refractivity contribution in [3.8, 4) is 16.9 Å². The number of hydrogen-bond acceptors (Lipinski definition) is 4. The van der Waals surface area contributed by atoms with E-state index in [9.17, 15) is 13.2 Å². The van der Waals surface area contributed by atoms with E-state index < -0.39 is 22.0 Å². The first-order chi connectivity index (χ1) is 17.5. The first kappa shape index (κ1) is 26.9. The lowest BCUT2D eigenvalue weighted by Crippen LogP contribution is -2.42. The number of anilines is 1. The van der Waals surface area contributed by atoms with Crippen LogP contribution in [0.5, 0.6) is 0 Å². The zero-order chi connectivity index (χ0) is 26.7. The quantitative estimate of drug-likeness (QED) is 0.280. The van der Waals surface area contributed by atoms with Crippen molar-refractivity contribution in [2.75, 3.05) is 11.9 Å². The van der Waals surface area contributed by atoms with Crippen LogP contribution in [0.4, 0.5) is 5.95 Å². The third-order valence-corrected chi connectivity index (χ3v) is 8.21. The van der Waals surface area contributed by atoms with Gasteiger partial charge in [0.1, 0.15) is 0 Å². The summed E-state index contributed by atoms with van der Waals surface area (Å²) in [5.41, 5.74) is 3.02. The van der Waals surface area contributed by atoms with E-state index in [1.165, 1.54) is 4.31 Å². The smallest absolute Gasteiger partial charge is 0.243 e. The molecule has 1 heterocycles. The highest BCUT2D eigenvalue weighted by Crippen LogP contribution is 2.27. The molecule has 0 saturated carbocycles. The summed E-state index contributed by atoms with van der Waals surface area (Å²) in [5, 5.41) is 3.90. The van der Waals surface area contributed by atoms with Gasteiger partial charge in [0.15, 0.2) is 0 Å². The maximum absolute atomic E-state index is 13.3. The summed E-state index contributed by atoms with van der Waals surface area (Å²) in [7, 11) is -3.90. The average Bonchev–Trinajstić information content (AvgIpc) is 3.26. The molecule has 0 atom stereocenters. The maximum atomic E-state index is 13.3. The number of aromatic nitrogens is 2. The third-order valence-electron chi connectivity index (χ3n) is 5.69. The lowest BCUT2D eigenvalue weighted by molar-refractivity contribution is -0.116. The standard InChI is InChI=1S/C27H26Cl2N4O3S/c1-18(2)33(37(35,36)24-13-7-19(3)8-14-24)17-26(34)31-27-30-25(20-9-11-21(28)12-10-20)16-32(27)23-6-4-5-22(29)15-23/h4-16,18H,17H2,1-3H3,(H,30,31,34). The fraction of sp³-hybridized carbons (Fsp3) is 0.185. The van der Waals surface area contributed by atoms with Crippen LogP contribution in [-0.4, -0.2) is 40.8 Å². The molecule has 37 heavy (non-hydrogen) atoms. The van der Waals surface area contributed by atoms with Gasteiger partial charge in [-0.15, -0.1) is 0 Å². The van der Waals surface area contributed by atoms with E-state index in [4.69, 9.17) is 23.2 Å². The highest BCUT2D eigenvalue weighted by Gasteiger charge is 2.29. The molecule has 0 aliphatic rings. The fourth-order valence-corrected chi connectivity index (χ4v) is 5.65. The molecule has 7 nitrogen and oxygen atoms in total. The number of carbonyl (C=O) groups excluding carboxylic acids is 1. The topological polar surface area (TPSA) is 84.3 Å². The van der Waals surface area contributed by atoms with Gasteiger partial charge in [0, 0.05) is 33.5 Å². The van der Waals surface area contributed by atoms with E-state index in [-0.39, 0.29) is 17.4 Å². The van der Waals surface area contributed by atoms with Gasteiger partial charge >= 0.3 is 0 Å². The number of rotatable bonds is 8. The molecule has 10 heteroatoms. The highest BCUT2D eigenvalue weighted by molar-refractivity contribution is 7.89. The Morgan fingerprint density at radius 1 is 1.00 bits per heavy atom. The number of imidazole rings is 1.